The number of fused-ring (bicyclic) bond motifs is 3. The fourth-order valence-corrected chi connectivity index (χ4v) is 6.09. The van der Waals surface area contributed by atoms with Gasteiger partial charge in [0.15, 0.2) is 5.82 Å². The number of ether oxygens (including phenoxy) is 1. The molecule has 3 aliphatic heterocycles. The normalized spacial score (nSPS) is 26.1. The van der Waals surface area contributed by atoms with Gasteiger partial charge in [-0.2, -0.15) is 0 Å². The molecule has 1 aliphatic carbocycles. The van der Waals surface area contributed by atoms with Crippen LogP contribution >= 0.6 is 0 Å². The van der Waals surface area contributed by atoms with Gasteiger partial charge in [0.2, 0.25) is 5.91 Å². The van der Waals surface area contributed by atoms with E-state index in [1.807, 2.05) is 19.2 Å². The highest BCUT2D eigenvalue weighted by Gasteiger charge is 2.50. The van der Waals surface area contributed by atoms with Crippen molar-refractivity contribution in [1.29, 1.82) is 0 Å². The van der Waals surface area contributed by atoms with Gasteiger partial charge in [0, 0.05) is 35.8 Å². The second-order valence-corrected chi connectivity index (χ2v) is 10.0. The molecule has 1 amide bonds. The fourth-order valence-electron chi connectivity index (χ4n) is 6.09. The smallest absolute Gasteiger partial charge is 0.336 e. The average Bonchev–Trinajstić information content (AvgIpc) is 3.58. The Morgan fingerprint density at radius 1 is 1.24 bits per heavy atom. The summed E-state index contributed by atoms with van der Waals surface area (Å²) < 4.78 is 22.0. The molecule has 1 spiro atoms. The maximum absolute atomic E-state index is 15.3. The minimum Gasteiger partial charge on any atom is -0.456 e. The molecule has 1 aromatic carbocycles. The molecule has 34 heavy (non-hydrogen) atoms. The van der Waals surface area contributed by atoms with E-state index in [-0.39, 0.29) is 29.7 Å². The summed E-state index contributed by atoms with van der Waals surface area (Å²) >= 11 is 0. The van der Waals surface area contributed by atoms with Gasteiger partial charge in [-0.05, 0) is 56.5 Å². The minimum absolute atomic E-state index is 0.131. The number of hydrogen-bond acceptors (Lipinski definition) is 7. The van der Waals surface area contributed by atoms with E-state index >= 15 is 4.39 Å². The Morgan fingerprint density at radius 3 is 2.76 bits per heavy atom. The van der Waals surface area contributed by atoms with Crippen LogP contribution < -0.4 is 0 Å². The predicted molar refractivity (Wildman–Crippen MR) is 118 cm³/mol. The zero-order valence-corrected chi connectivity index (χ0v) is 19.4. The predicted octanol–water partition coefficient (Wildman–Crippen LogP) is 2.26. The maximum atomic E-state index is 15.3. The molecule has 9 nitrogen and oxygen atoms in total. The summed E-state index contributed by atoms with van der Waals surface area (Å²) in [7, 11) is 2.03. The molecule has 1 saturated carbocycles. The fraction of sp³-hybridized carbons (Fsp3) is 0.542. The van der Waals surface area contributed by atoms with Gasteiger partial charge in [-0.15, -0.1) is 5.10 Å². The first-order valence-electron chi connectivity index (χ1n) is 11.8. The van der Waals surface area contributed by atoms with Gasteiger partial charge >= 0.3 is 5.97 Å². The van der Waals surface area contributed by atoms with Crippen molar-refractivity contribution in [3.8, 4) is 11.4 Å². The highest BCUT2D eigenvalue weighted by Crippen LogP contribution is 2.47. The molecule has 2 aromatic rings. The SMILES string of the molecule is CC1=C(N2CCC3(CCC(N(C)Cc4ccc5c(c4F)Cn4nnnc4-5)CC3)C2=O)COC1=O. The summed E-state index contributed by atoms with van der Waals surface area (Å²) in [6.07, 6.45) is 4.21. The summed E-state index contributed by atoms with van der Waals surface area (Å²) in [5, 5.41) is 11.6. The monoisotopic (exact) mass is 466 g/mol. The maximum Gasteiger partial charge on any atom is 0.336 e. The molecule has 1 aromatic heterocycles. The number of amides is 1. The Kier molecular flexibility index (Phi) is 4.84. The third kappa shape index (κ3) is 3.11. The van der Waals surface area contributed by atoms with E-state index in [4.69, 9.17) is 4.74 Å². The van der Waals surface area contributed by atoms with Crippen molar-refractivity contribution in [2.75, 3.05) is 20.2 Å². The lowest BCUT2D eigenvalue weighted by molar-refractivity contribution is -0.138. The van der Waals surface area contributed by atoms with Gasteiger partial charge in [-0.25, -0.2) is 13.9 Å². The first kappa shape index (κ1) is 21.4. The van der Waals surface area contributed by atoms with Gasteiger partial charge in [-0.1, -0.05) is 12.1 Å². The van der Waals surface area contributed by atoms with Crippen LogP contribution in [0.2, 0.25) is 0 Å². The molecule has 0 atom stereocenters. The Morgan fingerprint density at radius 2 is 2.03 bits per heavy atom. The molecule has 0 bridgehead atoms. The van der Waals surface area contributed by atoms with E-state index < -0.39 is 0 Å². The minimum atomic E-state index is -0.351. The molecule has 0 N–H and O–H groups in total. The number of esters is 1. The summed E-state index contributed by atoms with van der Waals surface area (Å²) in [5.74, 6) is 0.223. The molecule has 1 saturated heterocycles. The molecular formula is C24H27FN6O3. The van der Waals surface area contributed by atoms with Crippen LogP contribution in [0.4, 0.5) is 4.39 Å². The number of hydrogen-bond donors (Lipinski definition) is 0. The lowest BCUT2D eigenvalue weighted by atomic mass is 9.71. The summed E-state index contributed by atoms with van der Waals surface area (Å²) in [6.45, 7) is 3.44. The van der Waals surface area contributed by atoms with Crippen LogP contribution in [-0.4, -0.2) is 68.1 Å². The van der Waals surface area contributed by atoms with Crippen molar-refractivity contribution in [1.82, 2.24) is 30.0 Å². The zero-order valence-electron chi connectivity index (χ0n) is 19.4. The van der Waals surface area contributed by atoms with Gasteiger partial charge < -0.3 is 9.64 Å². The number of carbonyl (C=O) groups excluding carboxylic acids is 2. The Hall–Kier alpha value is -3.14. The Labute approximate surface area is 196 Å². The van der Waals surface area contributed by atoms with Crippen LogP contribution in [0.5, 0.6) is 0 Å². The van der Waals surface area contributed by atoms with E-state index in [9.17, 15) is 9.59 Å². The highest BCUT2D eigenvalue weighted by molar-refractivity contribution is 5.94. The van der Waals surface area contributed by atoms with Crippen LogP contribution in [0, 0.1) is 11.2 Å². The summed E-state index contributed by atoms with van der Waals surface area (Å²) in [6, 6.07) is 4.03. The number of tetrazole rings is 1. The third-order valence-corrected chi connectivity index (χ3v) is 8.28. The van der Waals surface area contributed by atoms with Crippen molar-refractivity contribution < 1.29 is 18.7 Å². The summed E-state index contributed by atoms with van der Waals surface area (Å²) in [5.41, 5.74) is 2.98. The third-order valence-electron chi connectivity index (χ3n) is 8.28. The number of nitrogens with zero attached hydrogens (tertiary/aromatic N) is 6. The lowest BCUT2D eigenvalue weighted by Gasteiger charge is -2.39. The second kappa shape index (κ2) is 7.69. The molecule has 4 heterocycles. The van der Waals surface area contributed by atoms with Crippen molar-refractivity contribution in [3.63, 3.8) is 0 Å². The van der Waals surface area contributed by atoms with Crippen molar-refractivity contribution >= 4 is 11.9 Å². The highest BCUT2D eigenvalue weighted by atomic mass is 19.1. The lowest BCUT2D eigenvalue weighted by Crippen LogP contribution is -2.42. The van der Waals surface area contributed by atoms with E-state index in [2.05, 4.69) is 20.4 Å². The number of aromatic nitrogens is 4. The first-order chi connectivity index (χ1) is 16.4. The number of carbonyl (C=O) groups is 2. The Balaban J connectivity index is 1.11. The molecule has 4 aliphatic rings. The number of halogens is 1. The number of benzene rings is 1. The standard InChI is InChI=1S/C24H27FN6O3/c1-14-19(13-34-22(14)32)30-10-9-24(23(30)33)7-5-16(6-8-24)29(2)11-15-3-4-17-18(20(15)25)12-31-21(17)26-27-28-31/h3-4,16H,5-13H2,1-2H3. The van der Waals surface area contributed by atoms with Gasteiger partial charge in [0.1, 0.15) is 12.4 Å². The molecular weight excluding hydrogens is 439 g/mol. The Bertz CT molecular complexity index is 1230. The topological polar surface area (TPSA) is 93.5 Å². The number of rotatable bonds is 4. The molecule has 2 fully saturated rings. The van der Waals surface area contributed by atoms with E-state index in [0.29, 0.717) is 48.2 Å². The van der Waals surface area contributed by atoms with Crippen LogP contribution in [0.15, 0.2) is 23.4 Å². The van der Waals surface area contributed by atoms with Crippen molar-refractivity contribution in [2.24, 2.45) is 5.41 Å². The van der Waals surface area contributed by atoms with Crippen LogP contribution in [0.25, 0.3) is 11.4 Å². The number of likely N-dealkylation sites (tertiary alicyclic amines) is 1. The van der Waals surface area contributed by atoms with E-state index in [0.717, 1.165) is 43.4 Å². The molecule has 0 radical (unpaired) electrons. The zero-order chi connectivity index (χ0) is 23.6. The summed E-state index contributed by atoms with van der Waals surface area (Å²) in [4.78, 5) is 29.1. The van der Waals surface area contributed by atoms with Crippen LogP contribution in [-0.2, 0) is 27.4 Å². The van der Waals surface area contributed by atoms with Gasteiger partial charge in [0.05, 0.1) is 23.2 Å². The van der Waals surface area contributed by atoms with Crippen molar-refractivity contribution in [3.05, 3.63) is 40.3 Å². The van der Waals surface area contributed by atoms with Crippen LogP contribution in [0.1, 0.15) is 50.2 Å². The van der Waals surface area contributed by atoms with Gasteiger partial charge in [0.25, 0.3) is 0 Å². The molecule has 0 unspecified atom stereocenters. The molecule has 178 valence electrons. The molecule has 6 rings (SSSR count). The quantitative estimate of drug-likeness (QED) is 0.545. The van der Waals surface area contributed by atoms with Crippen molar-refractivity contribution in [2.45, 2.75) is 58.2 Å². The van der Waals surface area contributed by atoms with E-state index in [1.54, 1.807) is 16.5 Å². The average molecular weight is 467 g/mol. The van der Waals surface area contributed by atoms with E-state index in [1.165, 1.54) is 0 Å². The van der Waals surface area contributed by atoms with Gasteiger partial charge in [-0.3, -0.25) is 9.69 Å². The second-order valence-electron chi connectivity index (χ2n) is 10.0. The largest absolute Gasteiger partial charge is 0.456 e. The molecule has 10 heteroatoms. The van der Waals surface area contributed by atoms with Crippen LogP contribution in [0.3, 0.4) is 0 Å². The first-order valence-corrected chi connectivity index (χ1v) is 11.8. The number of cyclic esters (lactones) is 1.